The van der Waals surface area contributed by atoms with Crippen molar-refractivity contribution in [1.82, 2.24) is 4.90 Å². The Kier molecular flexibility index (Phi) is 5.44. The summed E-state index contributed by atoms with van der Waals surface area (Å²) in [5.41, 5.74) is 11.1. The van der Waals surface area contributed by atoms with Crippen molar-refractivity contribution >= 4 is 17.6 Å². The second kappa shape index (κ2) is 8.33. The Bertz CT molecular complexity index is 1080. The second-order valence-electron chi connectivity index (χ2n) is 7.36. The van der Waals surface area contributed by atoms with Gasteiger partial charge in [-0.25, -0.2) is 0 Å². The maximum absolute atomic E-state index is 12.5. The van der Waals surface area contributed by atoms with Crippen molar-refractivity contribution in [2.45, 2.75) is 19.4 Å². The lowest BCUT2D eigenvalue weighted by Crippen LogP contribution is -2.29. The van der Waals surface area contributed by atoms with Crippen LogP contribution in [-0.2, 0) is 19.4 Å². The number of fused-ring (bicyclic) bond motifs is 1. The first-order chi connectivity index (χ1) is 14.6. The van der Waals surface area contributed by atoms with Crippen molar-refractivity contribution in [3.05, 3.63) is 106 Å². The molecule has 0 bridgehead atoms. The third-order valence-electron chi connectivity index (χ3n) is 5.43. The summed E-state index contributed by atoms with van der Waals surface area (Å²) < 4.78 is 0. The summed E-state index contributed by atoms with van der Waals surface area (Å²) in [6, 6.07) is 23.2. The van der Waals surface area contributed by atoms with Gasteiger partial charge in [-0.1, -0.05) is 60.7 Å². The molecular formula is C25H23N3O2. The van der Waals surface area contributed by atoms with Crippen LogP contribution >= 0.6 is 0 Å². The molecule has 0 unspecified atom stereocenters. The highest BCUT2D eigenvalue weighted by atomic mass is 16.2. The van der Waals surface area contributed by atoms with Crippen molar-refractivity contribution in [3.63, 3.8) is 0 Å². The largest absolute Gasteiger partial charge is 0.384 e. The molecule has 0 atom stereocenters. The SMILES string of the molecule is CN=C(N)c1ccc(CCc2ccc(CN3C(=O)c4ccccc4C3=O)cc2)cc1. The van der Waals surface area contributed by atoms with Crippen molar-refractivity contribution in [2.75, 3.05) is 7.05 Å². The molecule has 4 rings (SSSR count). The molecule has 0 spiro atoms. The first-order valence-electron chi connectivity index (χ1n) is 9.91. The fourth-order valence-electron chi connectivity index (χ4n) is 3.64. The van der Waals surface area contributed by atoms with Gasteiger partial charge in [-0.05, 0) is 41.7 Å². The van der Waals surface area contributed by atoms with E-state index in [1.165, 1.54) is 16.0 Å². The predicted octanol–water partition coefficient (Wildman–Crippen LogP) is 3.60. The second-order valence-corrected chi connectivity index (χ2v) is 7.36. The van der Waals surface area contributed by atoms with Crippen molar-refractivity contribution in [2.24, 2.45) is 10.7 Å². The Morgan fingerprint density at radius 1 is 0.767 bits per heavy atom. The molecule has 0 radical (unpaired) electrons. The van der Waals surface area contributed by atoms with Crippen LogP contribution in [0.4, 0.5) is 0 Å². The molecule has 2 N–H and O–H groups in total. The van der Waals surface area contributed by atoms with Gasteiger partial charge in [0, 0.05) is 12.6 Å². The minimum absolute atomic E-state index is 0.225. The standard InChI is InChI=1S/C25H23N3O2/c1-27-23(26)20-14-12-18(13-15-20)7-6-17-8-10-19(11-9-17)16-28-24(29)21-4-2-3-5-22(21)25(28)30/h2-5,8-15H,6-7,16H2,1H3,(H2,26,27). The van der Waals surface area contributed by atoms with E-state index in [1.54, 1.807) is 31.3 Å². The lowest BCUT2D eigenvalue weighted by molar-refractivity contribution is 0.0642. The average molecular weight is 397 g/mol. The monoisotopic (exact) mass is 397 g/mol. The van der Waals surface area contributed by atoms with E-state index in [-0.39, 0.29) is 18.4 Å². The van der Waals surface area contributed by atoms with Crippen LogP contribution in [0.25, 0.3) is 0 Å². The molecule has 1 aliphatic heterocycles. The van der Waals surface area contributed by atoms with Crippen LogP contribution in [0.5, 0.6) is 0 Å². The number of amidine groups is 1. The van der Waals surface area contributed by atoms with Gasteiger partial charge in [-0.15, -0.1) is 0 Å². The van der Waals surface area contributed by atoms with Gasteiger partial charge in [0.2, 0.25) is 0 Å². The van der Waals surface area contributed by atoms with Gasteiger partial charge in [0.25, 0.3) is 11.8 Å². The number of amides is 2. The minimum Gasteiger partial charge on any atom is -0.384 e. The Morgan fingerprint density at radius 2 is 1.23 bits per heavy atom. The topological polar surface area (TPSA) is 75.8 Å². The molecule has 30 heavy (non-hydrogen) atoms. The van der Waals surface area contributed by atoms with Gasteiger partial charge < -0.3 is 5.73 Å². The highest BCUT2D eigenvalue weighted by molar-refractivity contribution is 6.21. The van der Waals surface area contributed by atoms with Gasteiger partial charge in [0.15, 0.2) is 0 Å². The molecule has 0 saturated heterocycles. The smallest absolute Gasteiger partial charge is 0.261 e. The van der Waals surface area contributed by atoms with Crippen LogP contribution in [0.15, 0.2) is 77.8 Å². The van der Waals surface area contributed by atoms with Gasteiger partial charge in [0.1, 0.15) is 5.84 Å². The summed E-state index contributed by atoms with van der Waals surface area (Å²) in [6.45, 7) is 0.286. The zero-order chi connectivity index (χ0) is 21.1. The molecule has 5 nitrogen and oxygen atoms in total. The van der Waals surface area contributed by atoms with Crippen LogP contribution in [-0.4, -0.2) is 29.6 Å². The van der Waals surface area contributed by atoms with E-state index in [1.807, 2.05) is 24.3 Å². The predicted molar refractivity (Wildman–Crippen MR) is 118 cm³/mol. The fraction of sp³-hybridized carbons (Fsp3) is 0.160. The zero-order valence-electron chi connectivity index (χ0n) is 16.8. The van der Waals surface area contributed by atoms with E-state index in [9.17, 15) is 9.59 Å². The third kappa shape index (κ3) is 3.87. The number of carbonyl (C=O) groups excluding carboxylic acids is 2. The van der Waals surface area contributed by atoms with E-state index >= 15 is 0 Å². The first kappa shape index (κ1) is 19.6. The molecule has 3 aromatic rings. The Morgan fingerprint density at radius 3 is 1.73 bits per heavy atom. The number of rotatable bonds is 6. The number of nitrogens with two attached hydrogens (primary N) is 1. The molecule has 0 fully saturated rings. The third-order valence-corrected chi connectivity index (χ3v) is 5.43. The molecule has 150 valence electrons. The van der Waals surface area contributed by atoms with E-state index in [0.29, 0.717) is 17.0 Å². The summed E-state index contributed by atoms with van der Waals surface area (Å²) in [5, 5.41) is 0. The normalized spacial score (nSPS) is 13.6. The highest BCUT2D eigenvalue weighted by Crippen LogP contribution is 2.24. The summed E-state index contributed by atoms with van der Waals surface area (Å²) in [6.07, 6.45) is 1.82. The Balaban J connectivity index is 1.37. The Hall–Kier alpha value is -3.73. The van der Waals surface area contributed by atoms with Crippen molar-refractivity contribution in [3.8, 4) is 0 Å². The van der Waals surface area contributed by atoms with Crippen LogP contribution in [0, 0.1) is 0 Å². The van der Waals surface area contributed by atoms with Crippen molar-refractivity contribution in [1.29, 1.82) is 0 Å². The molecular weight excluding hydrogens is 374 g/mol. The van der Waals surface area contributed by atoms with E-state index in [0.717, 1.165) is 24.0 Å². The molecule has 0 aromatic heterocycles. The lowest BCUT2D eigenvalue weighted by atomic mass is 10.0. The van der Waals surface area contributed by atoms with E-state index < -0.39 is 0 Å². The number of nitrogens with zero attached hydrogens (tertiary/aromatic N) is 2. The van der Waals surface area contributed by atoms with Gasteiger partial charge in [-0.3, -0.25) is 19.5 Å². The van der Waals surface area contributed by atoms with Crippen molar-refractivity contribution < 1.29 is 9.59 Å². The van der Waals surface area contributed by atoms with E-state index in [4.69, 9.17) is 5.73 Å². The maximum Gasteiger partial charge on any atom is 0.261 e. The molecule has 1 heterocycles. The lowest BCUT2D eigenvalue weighted by Gasteiger charge is -2.14. The molecule has 0 saturated carbocycles. The molecule has 0 aliphatic carbocycles. The fourth-order valence-corrected chi connectivity index (χ4v) is 3.64. The zero-order valence-corrected chi connectivity index (χ0v) is 16.8. The number of aliphatic imine (C=N–C) groups is 1. The number of hydrogen-bond acceptors (Lipinski definition) is 3. The first-order valence-corrected chi connectivity index (χ1v) is 9.91. The van der Waals surface area contributed by atoms with Gasteiger partial charge >= 0.3 is 0 Å². The highest BCUT2D eigenvalue weighted by Gasteiger charge is 2.34. The summed E-state index contributed by atoms with van der Waals surface area (Å²) >= 11 is 0. The van der Waals surface area contributed by atoms with Crippen LogP contribution < -0.4 is 5.73 Å². The number of imide groups is 1. The quantitative estimate of drug-likeness (QED) is 0.392. The van der Waals surface area contributed by atoms with Crippen LogP contribution in [0.1, 0.15) is 43.0 Å². The van der Waals surface area contributed by atoms with Crippen LogP contribution in [0.3, 0.4) is 0 Å². The number of carbonyl (C=O) groups is 2. The van der Waals surface area contributed by atoms with Crippen LogP contribution in [0.2, 0.25) is 0 Å². The molecule has 2 amide bonds. The average Bonchev–Trinajstić information content (AvgIpc) is 3.03. The maximum atomic E-state index is 12.5. The molecule has 5 heteroatoms. The van der Waals surface area contributed by atoms with E-state index in [2.05, 4.69) is 29.3 Å². The summed E-state index contributed by atoms with van der Waals surface area (Å²) in [5.74, 6) is 0.0870. The summed E-state index contributed by atoms with van der Waals surface area (Å²) in [7, 11) is 1.68. The Labute approximate surface area is 175 Å². The summed E-state index contributed by atoms with van der Waals surface area (Å²) in [4.78, 5) is 30.3. The molecule has 1 aliphatic rings. The minimum atomic E-state index is -0.225. The van der Waals surface area contributed by atoms with Gasteiger partial charge in [0.05, 0.1) is 17.7 Å². The molecule has 3 aromatic carbocycles. The number of aryl methyl sites for hydroxylation is 2. The number of benzene rings is 3. The number of hydrogen-bond donors (Lipinski definition) is 1. The van der Waals surface area contributed by atoms with Gasteiger partial charge in [-0.2, -0.15) is 0 Å².